The first-order valence-electron chi connectivity index (χ1n) is 6.04. The number of carbonyl (C=O) groups excluding carboxylic acids is 2. The van der Waals surface area contributed by atoms with E-state index in [-0.39, 0.29) is 24.2 Å². The number of Topliss-reactive ketones (excluding diaryl/α,β-unsaturated/α-hetero) is 1. The van der Waals surface area contributed by atoms with Crippen molar-refractivity contribution in [2.24, 2.45) is 0 Å². The second-order valence-electron chi connectivity index (χ2n) is 4.37. The average molecular weight is 337 g/mol. The van der Waals surface area contributed by atoms with Crippen LogP contribution >= 0.6 is 15.9 Å². The minimum absolute atomic E-state index is 0.143. The second kappa shape index (κ2) is 6.47. The molecule has 0 bridgehead atoms. The Morgan fingerprint density at radius 3 is 2.90 bits per heavy atom. The van der Waals surface area contributed by atoms with Gasteiger partial charge in [0.15, 0.2) is 11.5 Å². The Labute approximate surface area is 124 Å². The van der Waals surface area contributed by atoms with Crippen LogP contribution in [-0.2, 0) is 0 Å². The highest BCUT2D eigenvalue weighted by molar-refractivity contribution is 9.10. The summed E-state index contributed by atoms with van der Waals surface area (Å²) in [5.41, 5.74) is 0.441. The maximum Gasteiger partial charge on any atom is 0.253 e. The molecule has 104 valence electrons. The zero-order valence-electron chi connectivity index (χ0n) is 10.8. The zero-order chi connectivity index (χ0) is 14.5. The van der Waals surface area contributed by atoms with Gasteiger partial charge in [0.25, 0.3) is 5.91 Å². The van der Waals surface area contributed by atoms with Crippen molar-refractivity contribution in [3.05, 3.63) is 52.7 Å². The summed E-state index contributed by atoms with van der Waals surface area (Å²) in [6.07, 6.45) is 4.70. The number of rotatable bonds is 5. The van der Waals surface area contributed by atoms with Crippen LogP contribution in [0.15, 0.2) is 45.7 Å². The van der Waals surface area contributed by atoms with Gasteiger partial charge in [0.05, 0.1) is 11.8 Å². The van der Waals surface area contributed by atoms with Gasteiger partial charge in [-0.15, -0.1) is 0 Å². The number of hydrogen-bond donors (Lipinski definition) is 1. The summed E-state index contributed by atoms with van der Waals surface area (Å²) in [7, 11) is 0. The first kappa shape index (κ1) is 14.5. The lowest BCUT2D eigenvalue weighted by molar-refractivity contribution is 0.0907. The molecular formula is C14H13BrN2O3. The largest absolute Gasteiger partial charge is 0.461 e. The van der Waals surface area contributed by atoms with Gasteiger partial charge in [-0.2, -0.15) is 0 Å². The molecule has 20 heavy (non-hydrogen) atoms. The normalized spacial score (nSPS) is 11.9. The Kier molecular flexibility index (Phi) is 4.68. The van der Waals surface area contributed by atoms with Crippen LogP contribution in [0.1, 0.15) is 34.3 Å². The summed E-state index contributed by atoms with van der Waals surface area (Å²) in [6, 6.07) is 4.64. The van der Waals surface area contributed by atoms with E-state index >= 15 is 0 Å². The molecule has 0 aliphatic carbocycles. The molecule has 0 fully saturated rings. The topological polar surface area (TPSA) is 72.2 Å². The molecule has 1 N–H and O–H groups in total. The fourth-order valence-electron chi connectivity index (χ4n) is 1.71. The Bertz CT molecular complexity index is 611. The van der Waals surface area contributed by atoms with Crippen LogP contribution in [0.4, 0.5) is 0 Å². The number of hydrogen-bond acceptors (Lipinski definition) is 4. The monoisotopic (exact) mass is 336 g/mol. The fraction of sp³-hybridized carbons (Fsp3) is 0.214. The number of halogens is 1. The third kappa shape index (κ3) is 3.77. The molecule has 0 saturated carbocycles. The lowest BCUT2D eigenvalue weighted by atomic mass is 10.1. The molecule has 0 radical (unpaired) electrons. The van der Waals surface area contributed by atoms with Crippen LogP contribution in [0, 0.1) is 0 Å². The van der Waals surface area contributed by atoms with Crippen molar-refractivity contribution in [1.82, 2.24) is 10.3 Å². The number of pyridine rings is 1. The Morgan fingerprint density at radius 2 is 2.25 bits per heavy atom. The molecule has 0 spiro atoms. The van der Waals surface area contributed by atoms with Crippen LogP contribution < -0.4 is 5.32 Å². The molecule has 0 aromatic carbocycles. The van der Waals surface area contributed by atoms with Gasteiger partial charge in [-0.1, -0.05) is 0 Å². The molecule has 1 amide bonds. The van der Waals surface area contributed by atoms with Crippen molar-refractivity contribution in [2.75, 3.05) is 0 Å². The van der Waals surface area contributed by atoms with Gasteiger partial charge in [-0.25, -0.2) is 0 Å². The van der Waals surface area contributed by atoms with E-state index in [0.717, 1.165) is 4.47 Å². The van der Waals surface area contributed by atoms with E-state index in [1.807, 2.05) is 0 Å². The molecule has 1 atom stereocenters. The predicted molar refractivity (Wildman–Crippen MR) is 76.5 cm³/mol. The summed E-state index contributed by atoms with van der Waals surface area (Å²) < 4.78 is 5.75. The van der Waals surface area contributed by atoms with Gasteiger partial charge in [0.2, 0.25) is 0 Å². The van der Waals surface area contributed by atoms with Crippen LogP contribution in [0.5, 0.6) is 0 Å². The van der Waals surface area contributed by atoms with E-state index in [1.54, 1.807) is 31.3 Å². The fourth-order valence-corrected chi connectivity index (χ4v) is 2.07. The van der Waals surface area contributed by atoms with E-state index in [2.05, 4.69) is 26.2 Å². The van der Waals surface area contributed by atoms with Crippen molar-refractivity contribution in [2.45, 2.75) is 19.4 Å². The molecule has 0 saturated heterocycles. The smallest absolute Gasteiger partial charge is 0.253 e. The van der Waals surface area contributed by atoms with E-state index < -0.39 is 0 Å². The molecule has 0 aliphatic heterocycles. The van der Waals surface area contributed by atoms with Crippen molar-refractivity contribution < 1.29 is 14.0 Å². The standard InChI is InChI=1S/C14H13BrN2O3/c1-9(5-12(18)13-3-2-4-20-13)17-14(19)10-6-11(15)8-16-7-10/h2-4,6-9H,5H2,1H3,(H,17,19)/t9-/m0/s1. The summed E-state index contributed by atoms with van der Waals surface area (Å²) in [4.78, 5) is 27.7. The number of furan rings is 1. The van der Waals surface area contributed by atoms with E-state index in [1.165, 1.54) is 12.5 Å². The first-order valence-corrected chi connectivity index (χ1v) is 6.83. The minimum atomic E-state index is -0.293. The number of amides is 1. The Hall–Kier alpha value is -1.95. The van der Waals surface area contributed by atoms with Crippen LogP contribution in [-0.4, -0.2) is 22.7 Å². The van der Waals surface area contributed by atoms with Crippen LogP contribution in [0.25, 0.3) is 0 Å². The number of nitrogens with zero attached hydrogens (tertiary/aromatic N) is 1. The van der Waals surface area contributed by atoms with Gasteiger partial charge < -0.3 is 9.73 Å². The maximum atomic E-state index is 12.0. The highest BCUT2D eigenvalue weighted by atomic mass is 79.9. The lowest BCUT2D eigenvalue weighted by Gasteiger charge is -2.12. The summed E-state index contributed by atoms with van der Waals surface area (Å²) in [6.45, 7) is 1.77. The van der Waals surface area contributed by atoms with E-state index in [0.29, 0.717) is 11.3 Å². The summed E-state index contributed by atoms with van der Waals surface area (Å²) in [5.74, 6) is -0.107. The van der Waals surface area contributed by atoms with E-state index in [4.69, 9.17) is 4.42 Å². The Morgan fingerprint density at radius 1 is 1.45 bits per heavy atom. The zero-order valence-corrected chi connectivity index (χ0v) is 12.4. The van der Waals surface area contributed by atoms with Crippen molar-refractivity contribution in [3.63, 3.8) is 0 Å². The van der Waals surface area contributed by atoms with Crippen LogP contribution in [0.3, 0.4) is 0 Å². The summed E-state index contributed by atoms with van der Waals surface area (Å²) >= 11 is 3.25. The SMILES string of the molecule is C[C@@H](CC(=O)c1ccco1)NC(=O)c1cncc(Br)c1. The third-order valence-electron chi connectivity index (χ3n) is 2.63. The third-order valence-corrected chi connectivity index (χ3v) is 3.07. The highest BCUT2D eigenvalue weighted by Crippen LogP contribution is 2.10. The van der Waals surface area contributed by atoms with E-state index in [9.17, 15) is 9.59 Å². The number of nitrogens with one attached hydrogen (secondary N) is 1. The molecular weight excluding hydrogens is 324 g/mol. The lowest BCUT2D eigenvalue weighted by Crippen LogP contribution is -2.34. The second-order valence-corrected chi connectivity index (χ2v) is 5.29. The summed E-state index contributed by atoms with van der Waals surface area (Å²) in [5, 5.41) is 2.75. The highest BCUT2D eigenvalue weighted by Gasteiger charge is 2.16. The molecule has 2 aromatic rings. The van der Waals surface area contributed by atoms with Crippen molar-refractivity contribution in [3.8, 4) is 0 Å². The quantitative estimate of drug-likeness (QED) is 0.852. The van der Waals surface area contributed by atoms with Gasteiger partial charge in [0, 0.05) is 29.3 Å². The number of aromatic nitrogens is 1. The Balaban J connectivity index is 1.93. The molecule has 0 unspecified atom stereocenters. The molecule has 2 aromatic heterocycles. The van der Waals surface area contributed by atoms with Gasteiger partial charge in [-0.3, -0.25) is 14.6 Å². The van der Waals surface area contributed by atoms with Gasteiger partial charge in [-0.05, 0) is 41.1 Å². The van der Waals surface area contributed by atoms with Gasteiger partial charge in [0.1, 0.15) is 0 Å². The molecule has 6 heteroatoms. The molecule has 2 heterocycles. The van der Waals surface area contributed by atoms with Crippen LogP contribution in [0.2, 0.25) is 0 Å². The minimum Gasteiger partial charge on any atom is -0.461 e. The van der Waals surface area contributed by atoms with Gasteiger partial charge >= 0.3 is 0 Å². The number of ketones is 1. The van der Waals surface area contributed by atoms with Crippen molar-refractivity contribution >= 4 is 27.6 Å². The molecule has 0 aliphatic rings. The van der Waals surface area contributed by atoms with Crippen molar-refractivity contribution in [1.29, 1.82) is 0 Å². The molecule has 2 rings (SSSR count). The molecule has 5 nitrogen and oxygen atoms in total. The first-order chi connectivity index (χ1) is 9.56. The average Bonchev–Trinajstić information content (AvgIpc) is 2.92. The number of carbonyl (C=O) groups is 2. The maximum absolute atomic E-state index is 12.0. The predicted octanol–water partition coefficient (Wildman–Crippen LogP) is 2.83.